The molecule has 0 spiro atoms. The molecule has 0 fully saturated rings. The van der Waals surface area contributed by atoms with Crippen molar-refractivity contribution in [2.75, 3.05) is 7.05 Å². The Kier molecular flexibility index (Phi) is 4.92. The van der Waals surface area contributed by atoms with E-state index in [1.54, 1.807) is 18.4 Å². The number of fused-ring (bicyclic) bond motifs is 1. The van der Waals surface area contributed by atoms with E-state index >= 15 is 0 Å². The monoisotopic (exact) mass is 392 g/mol. The third kappa shape index (κ3) is 4.08. The van der Waals surface area contributed by atoms with Gasteiger partial charge in [0.2, 0.25) is 0 Å². The summed E-state index contributed by atoms with van der Waals surface area (Å²) in [4.78, 5) is 13.2. The fourth-order valence-corrected chi connectivity index (χ4v) is 3.20. The first kappa shape index (κ1) is 15.9. The molecule has 0 radical (unpaired) electrons. The molecule has 0 saturated carbocycles. The Morgan fingerprint density at radius 1 is 1.26 bits per heavy atom. The average molecular weight is 393 g/mol. The van der Waals surface area contributed by atoms with Gasteiger partial charge in [0.15, 0.2) is 5.96 Å². The zero-order chi connectivity index (χ0) is 16.2. The normalized spacial score (nSPS) is 11.9. The summed E-state index contributed by atoms with van der Waals surface area (Å²) in [7, 11) is 1.75. The third-order valence-corrected chi connectivity index (χ3v) is 4.63. The number of guanidine groups is 1. The van der Waals surface area contributed by atoms with Gasteiger partial charge in [-0.3, -0.25) is 4.99 Å². The summed E-state index contributed by atoms with van der Waals surface area (Å²) in [6.45, 7) is 3.26. The summed E-state index contributed by atoms with van der Waals surface area (Å²) in [6.07, 6.45) is 3.99. The Bertz CT molecular complexity index is 837. The van der Waals surface area contributed by atoms with Crippen molar-refractivity contribution in [3.63, 3.8) is 0 Å². The van der Waals surface area contributed by atoms with E-state index in [4.69, 9.17) is 0 Å². The van der Waals surface area contributed by atoms with Crippen molar-refractivity contribution in [2.24, 2.45) is 4.99 Å². The van der Waals surface area contributed by atoms with Crippen molar-refractivity contribution < 1.29 is 0 Å². The highest BCUT2D eigenvalue weighted by atomic mass is 79.9. The van der Waals surface area contributed by atoms with E-state index in [0.29, 0.717) is 13.1 Å². The second-order valence-corrected chi connectivity index (χ2v) is 6.87. The van der Waals surface area contributed by atoms with Gasteiger partial charge in [0.05, 0.1) is 18.8 Å². The van der Waals surface area contributed by atoms with Crippen molar-refractivity contribution in [3.8, 4) is 0 Å². The largest absolute Gasteiger partial charge is 0.351 e. The number of nitrogens with one attached hydrogen (secondary N) is 2. The summed E-state index contributed by atoms with van der Waals surface area (Å²) in [5.41, 5.74) is 2.92. The van der Waals surface area contributed by atoms with Crippen LogP contribution in [0.5, 0.6) is 0 Å². The summed E-state index contributed by atoms with van der Waals surface area (Å²) < 4.78 is 3.02. The van der Waals surface area contributed by atoms with Gasteiger partial charge >= 0.3 is 0 Å². The zero-order valence-electron chi connectivity index (χ0n) is 12.9. The van der Waals surface area contributed by atoms with Gasteiger partial charge in [-0.25, -0.2) is 9.97 Å². The summed E-state index contributed by atoms with van der Waals surface area (Å²) in [5, 5.41) is 9.61. The SMILES string of the molecule is CN=C(NCc1cn2cc(Br)ccc2n1)NCc1nc(C)cs1. The van der Waals surface area contributed by atoms with E-state index in [1.807, 2.05) is 41.2 Å². The minimum Gasteiger partial charge on any atom is -0.351 e. The topological polar surface area (TPSA) is 66.6 Å². The molecule has 8 heteroatoms. The predicted octanol–water partition coefficient (Wildman–Crippen LogP) is 2.73. The number of aryl methyl sites for hydroxylation is 1. The highest BCUT2D eigenvalue weighted by molar-refractivity contribution is 9.10. The summed E-state index contributed by atoms with van der Waals surface area (Å²) in [5.74, 6) is 0.732. The number of hydrogen-bond acceptors (Lipinski definition) is 4. The van der Waals surface area contributed by atoms with E-state index < -0.39 is 0 Å². The lowest BCUT2D eigenvalue weighted by Crippen LogP contribution is -2.36. The molecule has 0 aliphatic heterocycles. The standard InChI is InChI=1S/C15H17BrN6S/c1-10-9-23-14(20-10)6-19-15(17-2)18-5-12-8-22-7-11(16)3-4-13(22)21-12/h3-4,7-9H,5-6H2,1-2H3,(H2,17,18,19). The van der Waals surface area contributed by atoms with Crippen molar-refractivity contribution >= 4 is 38.9 Å². The number of hydrogen-bond donors (Lipinski definition) is 2. The number of rotatable bonds is 4. The maximum Gasteiger partial charge on any atom is 0.191 e. The van der Waals surface area contributed by atoms with Crippen molar-refractivity contribution in [3.05, 3.63) is 50.8 Å². The molecule has 0 bridgehead atoms. The number of aliphatic imine (C=N–C) groups is 1. The van der Waals surface area contributed by atoms with Crippen LogP contribution in [0.15, 0.2) is 39.4 Å². The molecule has 0 atom stereocenters. The van der Waals surface area contributed by atoms with Crippen LogP contribution in [0.25, 0.3) is 5.65 Å². The lowest BCUT2D eigenvalue weighted by molar-refractivity contribution is 0.794. The molecule has 3 aromatic rings. The average Bonchev–Trinajstić information content (AvgIpc) is 3.12. The Balaban J connectivity index is 1.58. The first-order chi connectivity index (χ1) is 11.1. The van der Waals surface area contributed by atoms with Gasteiger partial charge in [0.25, 0.3) is 0 Å². The van der Waals surface area contributed by atoms with Crippen LogP contribution in [0.1, 0.15) is 16.4 Å². The van der Waals surface area contributed by atoms with E-state index in [0.717, 1.165) is 32.5 Å². The molecule has 0 aliphatic rings. The summed E-state index contributed by atoms with van der Waals surface area (Å²) in [6, 6.07) is 3.96. The lowest BCUT2D eigenvalue weighted by atomic mass is 10.5. The highest BCUT2D eigenvalue weighted by Crippen LogP contribution is 2.12. The van der Waals surface area contributed by atoms with Crippen LogP contribution in [0.3, 0.4) is 0 Å². The molecule has 0 unspecified atom stereocenters. The number of halogens is 1. The van der Waals surface area contributed by atoms with Crippen LogP contribution in [-0.2, 0) is 13.1 Å². The van der Waals surface area contributed by atoms with Gasteiger partial charge in [-0.05, 0) is 35.0 Å². The smallest absolute Gasteiger partial charge is 0.191 e. The van der Waals surface area contributed by atoms with Crippen LogP contribution in [0.4, 0.5) is 0 Å². The second-order valence-electron chi connectivity index (χ2n) is 5.01. The minimum atomic E-state index is 0.607. The Morgan fingerprint density at radius 3 is 2.83 bits per heavy atom. The molecular weight excluding hydrogens is 376 g/mol. The Labute approximate surface area is 146 Å². The van der Waals surface area contributed by atoms with Crippen LogP contribution >= 0.6 is 27.3 Å². The molecule has 3 rings (SSSR count). The second kappa shape index (κ2) is 7.10. The van der Waals surface area contributed by atoms with E-state index in [2.05, 4.69) is 41.5 Å². The molecule has 0 saturated heterocycles. The molecule has 3 heterocycles. The van der Waals surface area contributed by atoms with Gasteiger partial charge < -0.3 is 15.0 Å². The maximum absolute atomic E-state index is 4.57. The Hall–Kier alpha value is -1.93. The molecule has 0 aliphatic carbocycles. The fourth-order valence-electron chi connectivity index (χ4n) is 2.14. The van der Waals surface area contributed by atoms with E-state index in [1.165, 1.54) is 0 Å². The van der Waals surface area contributed by atoms with Gasteiger partial charge in [-0.1, -0.05) is 0 Å². The molecule has 0 amide bonds. The van der Waals surface area contributed by atoms with E-state index in [-0.39, 0.29) is 0 Å². The molecule has 120 valence electrons. The van der Waals surface area contributed by atoms with Gasteiger partial charge in [0.1, 0.15) is 10.7 Å². The molecule has 2 N–H and O–H groups in total. The van der Waals surface area contributed by atoms with Gasteiger partial charge in [-0.15, -0.1) is 11.3 Å². The summed E-state index contributed by atoms with van der Waals surface area (Å²) >= 11 is 5.11. The van der Waals surface area contributed by atoms with Crippen LogP contribution in [0.2, 0.25) is 0 Å². The molecule has 0 aromatic carbocycles. The van der Waals surface area contributed by atoms with Crippen LogP contribution < -0.4 is 10.6 Å². The molecule has 23 heavy (non-hydrogen) atoms. The number of aromatic nitrogens is 3. The van der Waals surface area contributed by atoms with Crippen molar-refractivity contribution in [2.45, 2.75) is 20.0 Å². The first-order valence-electron chi connectivity index (χ1n) is 7.12. The highest BCUT2D eigenvalue weighted by Gasteiger charge is 2.05. The maximum atomic E-state index is 4.57. The molecular formula is C15H17BrN6S. The van der Waals surface area contributed by atoms with Crippen LogP contribution in [-0.4, -0.2) is 27.4 Å². The molecule has 6 nitrogen and oxygen atoms in total. The molecule has 3 aromatic heterocycles. The van der Waals surface area contributed by atoms with Crippen molar-refractivity contribution in [1.82, 2.24) is 25.0 Å². The number of nitrogens with zero attached hydrogens (tertiary/aromatic N) is 4. The quantitative estimate of drug-likeness (QED) is 0.529. The predicted molar refractivity (Wildman–Crippen MR) is 96.8 cm³/mol. The minimum absolute atomic E-state index is 0.607. The van der Waals surface area contributed by atoms with Gasteiger partial charge in [-0.2, -0.15) is 0 Å². The zero-order valence-corrected chi connectivity index (χ0v) is 15.3. The van der Waals surface area contributed by atoms with E-state index in [9.17, 15) is 0 Å². The fraction of sp³-hybridized carbons (Fsp3) is 0.267. The first-order valence-corrected chi connectivity index (χ1v) is 8.80. The lowest BCUT2D eigenvalue weighted by Gasteiger charge is -2.09. The van der Waals surface area contributed by atoms with Crippen molar-refractivity contribution in [1.29, 1.82) is 0 Å². The van der Waals surface area contributed by atoms with Crippen LogP contribution in [0, 0.1) is 6.92 Å². The Morgan fingerprint density at radius 2 is 2.09 bits per heavy atom. The number of thiazole rings is 1. The number of pyridine rings is 1. The third-order valence-electron chi connectivity index (χ3n) is 3.20. The van der Waals surface area contributed by atoms with Gasteiger partial charge in [0, 0.05) is 35.0 Å². The number of imidazole rings is 1.